The highest BCUT2D eigenvalue weighted by molar-refractivity contribution is 6.29. The van der Waals surface area contributed by atoms with Gasteiger partial charge >= 0.3 is 5.97 Å². The predicted molar refractivity (Wildman–Crippen MR) is 49.9 cm³/mol. The largest absolute Gasteiger partial charge is 0.464 e. The van der Waals surface area contributed by atoms with Gasteiger partial charge < -0.3 is 4.74 Å². The molecule has 0 amide bonds. The number of hydrogen-bond donors (Lipinski definition) is 0. The molecule has 3 nitrogen and oxygen atoms in total. The Balaban J connectivity index is 3.22. The number of aromatic nitrogens is 1. The van der Waals surface area contributed by atoms with Gasteiger partial charge in [0, 0.05) is 0 Å². The van der Waals surface area contributed by atoms with Crippen LogP contribution in [0.1, 0.15) is 23.0 Å². The van der Waals surface area contributed by atoms with Gasteiger partial charge in [0.25, 0.3) is 0 Å². The fourth-order valence-electron chi connectivity index (χ4n) is 1.01. The van der Waals surface area contributed by atoms with Crippen molar-refractivity contribution in [3.63, 3.8) is 0 Å². The van der Waals surface area contributed by atoms with Crippen LogP contribution in [0.15, 0.2) is 6.07 Å². The zero-order valence-electron chi connectivity index (χ0n) is 7.80. The topological polar surface area (TPSA) is 39.2 Å². The maximum Gasteiger partial charge on any atom is 0.356 e. The van der Waals surface area contributed by atoms with Crippen molar-refractivity contribution in [3.05, 3.63) is 28.3 Å². The molecule has 76 valence electrons. The summed E-state index contributed by atoms with van der Waals surface area (Å²) >= 11 is 5.50. The van der Waals surface area contributed by atoms with Crippen LogP contribution in [0.25, 0.3) is 0 Å². The van der Waals surface area contributed by atoms with Crippen molar-refractivity contribution in [1.82, 2.24) is 4.98 Å². The first-order valence-electron chi connectivity index (χ1n) is 4.03. The van der Waals surface area contributed by atoms with Crippen molar-refractivity contribution in [2.75, 3.05) is 7.11 Å². The minimum atomic E-state index is -0.624. The molecular formula is C9H9ClFNO2. The third kappa shape index (κ3) is 2.01. The number of carbonyl (C=O) groups excluding carboxylic acids is 1. The first kappa shape index (κ1) is 10.9. The van der Waals surface area contributed by atoms with Gasteiger partial charge in [-0.25, -0.2) is 14.2 Å². The molecule has 0 N–H and O–H groups in total. The van der Waals surface area contributed by atoms with E-state index in [0.717, 1.165) is 0 Å². The van der Waals surface area contributed by atoms with Crippen molar-refractivity contribution in [2.45, 2.75) is 13.3 Å². The Bertz CT molecular complexity index is 368. The molecule has 0 spiro atoms. The van der Waals surface area contributed by atoms with E-state index >= 15 is 0 Å². The lowest BCUT2D eigenvalue weighted by Gasteiger charge is -2.04. The summed E-state index contributed by atoms with van der Waals surface area (Å²) in [7, 11) is 1.23. The van der Waals surface area contributed by atoms with Gasteiger partial charge in [-0.05, 0) is 18.1 Å². The Kier molecular flexibility index (Phi) is 3.41. The highest BCUT2D eigenvalue weighted by atomic mass is 35.5. The van der Waals surface area contributed by atoms with Crippen LogP contribution < -0.4 is 0 Å². The first-order valence-corrected chi connectivity index (χ1v) is 4.41. The molecule has 0 fully saturated rings. The summed E-state index contributed by atoms with van der Waals surface area (Å²) in [6.45, 7) is 1.76. The van der Waals surface area contributed by atoms with Crippen LogP contribution in [0, 0.1) is 5.82 Å². The molecule has 0 unspecified atom stereocenters. The van der Waals surface area contributed by atoms with Crippen LogP contribution in [0.4, 0.5) is 4.39 Å². The SMILES string of the molecule is CCc1cc(C(=O)OC)nc(Cl)c1F. The normalized spacial score (nSPS) is 10.0. The fraction of sp³-hybridized carbons (Fsp3) is 0.333. The Morgan fingerprint density at radius 2 is 2.36 bits per heavy atom. The van der Waals surface area contributed by atoms with E-state index in [0.29, 0.717) is 12.0 Å². The number of aryl methyl sites for hydroxylation is 1. The number of halogens is 2. The van der Waals surface area contributed by atoms with Gasteiger partial charge in [-0.15, -0.1) is 0 Å². The van der Waals surface area contributed by atoms with Crippen molar-refractivity contribution >= 4 is 17.6 Å². The second-order valence-corrected chi connectivity index (χ2v) is 2.97. The number of nitrogens with zero attached hydrogens (tertiary/aromatic N) is 1. The number of methoxy groups -OCH3 is 1. The van der Waals surface area contributed by atoms with E-state index in [-0.39, 0.29) is 10.8 Å². The number of rotatable bonds is 2. The van der Waals surface area contributed by atoms with Crippen molar-refractivity contribution in [1.29, 1.82) is 0 Å². The third-order valence-electron chi connectivity index (χ3n) is 1.77. The highest BCUT2D eigenvalue weighted by Crippen LogP contribution is 2.18. The van der Waals surface area contributed by atoms with Crippen molar-refractivity contribution in [3.8, 4) is 0 Å². The van der Waals surface area contributed by atoms with Gasteiger partial charge in [0.15, 0.2) is 16.7 Å². The Labute approximate surface area is 85.9 Å². The molecule has 0 atom stereocenters. The lowest BCUT2D eigenvalue weighted by Crippen LogP contribution is -2.07. The number of pyridine rings is 1. The summed E-state index contributed by atoms with van der Waals surface area (Å²) in [5, 5.41) is -0.301. The molecule has 1 aromatic rings. The van der Waals surface area contributed by atoms with E-state index < -0.39 is 11.8 Å². The molecule has 0 aliphatic carbocycles. The highest BCUT2D eigenvalue weighted by Gasteiger charge is 2.14. The van der Waals surface area contributed by atoms with E-state index in [1.165, 1.54) is 13.2 Å². The predicted octanol–water partition coefficient (Wildman–Crippen LogP) is 2.22. The Hall–Kier alpha value is -1.16. The van der Waals surface area contributed by atoms with Crippen molar-refractivity contribution in [2.24, 2.45) is 0 Å². The molecule has 0 aromatic carbocycles. The molecule has 1 rings (SSSR count). The Morgan fingerprint density at radius 3 is 2.86 bits per heavy atom. The second kappa shape index (κ2) is 4.37. The van der Waals surface area contributed by atoms with Gasteiger partial charge in [-0.1, -0.05) is 18.5 Å². The van der Waals surface area contributed by atoms with E-state index in [2.05, 4.69) is 9.72 Å². The van der Waals surface area contributed by atoms with Crippen molar-refractivity contribution < 1.29 is 13.9 Å². The average molecular weight is 218 g/mol. The van der Waals surface area contributed by atoms with E-state index in [4.69, 9.17) is 11.6 Å². The third-order valence-corrected chi connectivity index (χ3v) is 2.02. The molecule has 0 saturated heterocycles. The molecule has 1 heterocycles. The molecule has 5 heteroatoms. The smallest absolute Gasteiger partial charge is 0.356 e. The van der Waals surface area contributed by atoms with Gasteiger partial charge in [-0.3, -0.25) is 0 Å². The summed E-state index contributed by atoms with van der Waals surface area (Å²) < 4.78 is 17.7. The summed E-state index contributed by atoms with van der Waals surface area (Å²) in [5.41, 5.74) is 0.376. The van der Waals surface area contributed by atoms with Crippen LogP contribution in [-0.4, -0.2) is 18.1 Å². The molecule has 0 radical (unpaired) electrons. The zero-order valence-corrected chi connectivity index (χ0v) is 8.56. The van der Waals surface area contributed by atoms with Gasteiger partial charge in [-0.2, -0.15) is 0 Å². The quantitative estimate of drug-likeness (QED) is 0.563. The van der Waals surface area contributed by atoms with E-state index in [1.54, 1.807) is 6.92 Å². The lowest BCUT2D eigenvalue weighted by atomic mass is 10.2. The number of carbonyl (C=O) groups is 1. The maximum atomic E-state index is 13.2. The number of hydrogen-bond acceptors (Lipinski definition) is 3. The molecule has 0 aliphatic heterocycles. The molecule has 0 aliphatic rings. The van der Waals surface area contributed by atoms with Gasteiger partial charge in [0.1, 0.15) is 0 Å². The average Bonchev–Trinajstić information content (AvgIpc) is 2.20. The van der Waals surface area contributed by atoms with E-state index in [1.807, 2.05) is 0 Å². The monoisotopic (exact) mass is 217 g/mol. The molecular weight excluding hydrogens is 209 g/mol. The first-order chi connectivity index (χ1) is 6.60. The number of ether oxygens (including phenoxy) is 1. The zero-order chi connectivity index (χ0) is 10.7. The van der Waals surface area contributed by atoms with Crippen LogP contribution in [0.5, 0.6) is 0 Å². The second-order valence-electron chi connectivity index (χ2n) is 2.62. The summed E-state index contributed by atoms with van der Waals surface area (Å²) in [5.74, 6) is -1.21. The maximum absolute atomic E-state index is 13.2. The number of esters is 1. The molecule has 0 saturated carbocycles. The minimum absolute atomic E-state index is 0.0238. The van der Waals surface area contributed by atoms with E-state index in [9.17, 15) is 9.18 Å². The summed E-state index contributed by atoms with van der Waals surface area (Å²) in [6.07, 6.45) is 0.443. The lowest BCUT2D eigenvalue weighted by molar-refractivity contribution is 0.0594. The summed E-state index contributed by atoms with van der Waals surface area (Å²) in [4.78, 5) is 14.6. The van der Waals surface area contributed by atoms with Crippen LogP contribution in [0.3, 0.4) is 0 Å². The van der Waals surface area contributed by atoms with Gasteiger partial charge in [0.2, 0.25) is 0 Å². The standard InChI is InChI=1S/C9H9ClFNO2/c1-3-5-4-6(9(13)14-2)12-8(10)7(5)11/h4H,3H2,1-2H3. The summed E-state index contributed by atoms with van der Waals surface area (Å²) in [6, 6.07) is 1.34. The van der Waals surface area contributed by atoms with Crippen LogP contribution in [0.2, 0.25) is 5.15 Å². The minimum Gasteiger partial charge on any atom is -0.464 e. The van der Waals surface area contributed by atoms with Crippen LogP contribution >= 0.6 is 11.6 Å². The molecule has 1 aromatic heterocycles. The Morgan fingerprint density at radius 1 is 1.71 bits per heavy atom. The molecule has 14 heavy (non-hydrogen) atoms. The fourth-order valence-corrected chi connectivity index (χ4v) is 1.23. The molecule has 0 bridgehead atoms. The van der Waals surface area contributed by atoms with Gasteiger partial charge in [0.05, 0.1) is 7.11 Å². The van der Waals surface area contributed by atoms with Crippen LogP contribution in [-0.2, 0) is 11.2 Å².